The predicted octanol–water partition coefficient (Wildman–Crippen LogP) is 6.89. The average molecular weight is 598 g/mol. The van der Waals surface area contributed by atoms with Crippen molar-refractivity contribution < 1.29 is 23.9 Å². The van der Waals surface area contributed by atoms with Gasteiger partial charge in [-0.3, -0.25) is 14.6 Å². The van der Waals surface area contributed by atoms with Crippen LogP contribution in [-0.4, -0.2) is 53.0 Å². The number of thiophene rings is 1. The van der Waals surface area contributed by atoms with Crippen LogP contribution in [0.15, 0.2) is 60.8 Å². The minimum atomic E-state index is -0.551. The minimum absolute atomic E-state index is 0.0664. The first kappa shape index (κ1) is 28.9. The maximum atomic E-state index is 13.8. The molecule has 3 heterocycles. The summed E-state index contributed by atoms with van der Waals surface area (Å²) in [6.45, 7) is 8.44. The van der Waals surface area contributed by atoms with Gasteiger partial charge in [0.05, 0.1) is 22.0 Å². The highest BCUT2D eigenvalue weighted by Gasteiger charge is 2.47. The third-order valence-corrected chi connectivity index (χ3v) is 9.09. The SMILES string of the molecule is Cc1ccc(OC[C@@H]2CCN2C(=O)OC(C)(C)C)cc1C(=O)NC1(c2cc(-c3ccc(C=O)s3)cc3ncccc23)CC1. The Labute approximate surface area is 255 Å². The van der Waals surface area contributed by atoms with Crippen LogP contribution in [0.25, 0.3) is 21.3 Å². The van der Waals surface area contributed by atoms with Crippen LogP contribution in [0.5, 0.6) is 5.75 Å². The zero-order valence-corrected chi connectivity index (χ0v) is 25.6. The second-order valence-electron chi connectivity index (χ2n) is 12.4. The lowest BCUT2D eigenvalue weighted by molar-refractivity contribution is -0.0141. The third kappa shape index (κ3) is 5.99. The monoisotopic (exact) mass is 597 g/mol. The lowest BCUT2D eigenvalue weighted by atomic mass is 9.95. The summed E-state index contributed by atoms with van der Waals surface area (Å²) < 4.78 is 11.6. The van der Waals surface area contributed by atoms with E-state index >= 15 is 0 Å². The first-order valence-corrected chi connectivity index (χ1v) is 15.4. The summed E-state index contributed by atoms with van der Waals surface area (Å²) in [5.41, 5.74) is 3.18. The number of nitrogens with one attached hydrogen (secondary N) is 1. The van der Waals surface area contributed by atoms with Gasteiger partial charge in [0.15, 0.2) is 6.29 Å². The van der Waals surface area contributed by atoms with Gasteiger partial charge in [-0.25, -0.2) is 4.79 Å². The Kier molecular flexibility index (Phi) is 7.46. The van der Waals surface area contributed by atoms with Crippen molar-refractivity contribution in [2.24, 2.45) is 0 Å². The van der Waals surface area contributed by atoms with Crippen molar-refractivity contribution in [1.29, 1.82) is 0 Å². The van der Waals surface area contributed by atoms with Crippen molar-refractivity contribution in [3.63, 3.8) is 0 Å². The Balaban J connectivity index is 1.20. The molecule has 1 aliphatic carbocycles. The van der Waals surface area contributed by atoms with Crippen LogP contribution in [0.3, 0.4) is 0 Å². The predicted molar refractivity (Wildman–Crippen MR) is 167 cm³/mol. The van der Waals surface area contributed by atoms with Gasteiger partial charge in [-0.15, -0.1) is 11.3 Å². The molecule has 2 aromatic carbocycles. The lowest BCUT2D eigenvalue weighted by Crippen LogP contribution is -2.55. The summed E-state index contributed by atoms with van der Waals surface area (Å²) in [7, 11) is 0. The Hall–Kier alpha value is -4.24. The van der Waals surface area contributed by atoms with Crippen molar-refractivity contribution in [2.75, 3.05) is 13.2 Å². The number of nitrogens with zero attached hydrogens (tertiary/aromatic N) is 2. The molecule has 1 atom stereocenters. The van der Waals surface area contributed by atoms with Crippen molar-refractivity contribution in [3.05, 3.63) is 82.4 Å². The Morgan fingerprint density at radius 1 is 1.14 bits per heavy atom. The number of fused-ring (bicyclic) bond motifs is 1. The molecule has 1 saturated carbocycles. The van der Waals surface area contributed by atoms with Crippen molar-refractivity contribution in [1.82, 2.24) is 15.2 Å². The topological polar surface area (TPSA) is 97.8 Å². The number of pyridine rings is 1. The normalized spacial score (nSPS) is 17.2. The van der Waals surface area contributed by atoms with Crippen LogP contribution in [0.4, 0.5) is 4.79 Å². The van der Waals surface area contributed by atoms with Gasteiger partial charge in [0.25, 0.3) is 5.91 Å². The number of rotatable bonds is 8. The Morgan fingerprint density at radius 3 is 2.63 bits per heavy atom. The van der Waals surface area contributed by atoms with Gasteiger partial charge in [0, 0.05) is 28.6 Å². The van der Waals surface area contributed by atoms with Gasteiger partial charge >= 0.3 is 6.09 Å². The van der Waals surface area contributed by atoms with E-state index in [9.17, 15) is 14.4 Å². The first-order chi connectivity index (χ1) is 20.5. The number of carbonyl (C=O) groups excluding carboxylic acids is 3. The van der Waals surface area contributed by atoms with Gasteiger partial charge in [-0.2, -0.15) is 0 Å². The summed E-state index contributed by atoms with van der Waals surface area (Å²) in [6.07, 6.45) is 4.76. The van der Waals surface area contributed by atoms with Gasteiger partial charge in [0.1, 0.15) is 18.0 Å². The van der Waals surface area contributed by atoms with Crippen LogP contribution in [0, 0.1) is 6.92 Å². The maximum absolute atomic E-state index is 13.8. The molecule has 2 fully saturated rings. The molecule has 1 saturated heterocycles. The molecule has 4 aromatic rings. The third-order valence-electron chi connectivity index (χ3n) is 8.03. The van der Waals surface area contributed by atoms with E-state index in [-0.39, 0.29) is 18.0 Å². The summed E-state index contributed by atoms with van der Waals surface area (Å²) in [5.74, 6) is 0.415. The van der Waals surface area contributed by atoms with Crippen molar-refractivity contribution in [2.45, 2.75) is 64.1 Å². The number of aryl methyl sites for hydroxylation is 1. The zero-order chi connectivity index (χ0) is 30.4. The van der Waals surface area contributed by atoms with E-state index in [1.165, 1.54) is 11.3 Å². The molecule has 0 unspecified atom stereocenters. The molecule has 2 aromatic heterocycles. The van der Waals surface area contributed by atoms with E-state index in [4.69, 9.17) is 9.47 Å². The quantitative estimate of drug-likeness (QED) is 0.222. The highest BCUT2D eigenvalue weighted by molar-refractivity contribution is 7.17. The van der Waals surface area contributed by atoms with E-state index in [2.05, 4.69) is 16.4 Å². The molecule has 2 aliphatic rings. The smallest absolute Gasteiger partial charge is 0.410 e. The molecule has 9 heteroatoms. The summed E-state index contributed by atoms with van der Waals surface area (Å²) in [5, 5.41) is 4.34. The number of aromatic nitrogens is 1. The molecular weight excluding hydrogens is 562 g/mol. The van der Waals surface area contributed by atoms with Crippen LogP contribution < -0.4 is 10.1 Å². The molecule has 43 heavy (non-hydrogen) atoms. The van der Waals surface area contributed by atoms with Gasteiger partial charge in [-0.05, 0) is 106 Å². The molecule has 1 aliphatic heterocycles. The summed E-state index contributed by atoms with van der Waals surface area (Å²) >= 11 is 1.44. The lowest BCUT2D eigenvalue weighted by Gasteiger charge is -2.41. The molecule has 6 rings (SSSR count). The molecule has 2 amide bonds. The number of carbonyl (C=O) groups is 3. The van der Waals surface area contributed by atoms with Crippen LogP contribution in [0.2, 0.25) is 0 Å². The Bertz CT molecular complexity index is 1720. The van der Waals surface area contributed by atoms with E-state index in [1.807, 2.05) is 70.2 Å². The number of benzene rings is 2. The fraction of sp³-hybridized carbons (Fsp3) is 0.353. The number of hydrogen-bond donors (Lipinski definition) is 1. The Morgan fingerprint density at radius 2 is 1.95 bits per heavy atom. The molecule has 8 nitrogen and oxygen atoms in total. The minimum Gasteiger partial charge on any atom is -0.491 e. The number of amides is 2. The van der Waals surface area contributed by atoms with Crippen LogP contribution >= 0.6 is 11.3 Å². The first-order valence-electron chi connectivity index (χ1n) is 14.6. The molecule has 0 bridgehead atoms. The maximum Gasteiger partial charge on any atom is 0.410 e. The number of hydrogen-bond acceptors (Lipinski definition) is 7. The average Bonchev–Trinajstić information content (AvgIpc) is 3.55. The molecule has 0 spiro atoms. The largest absolute Gasteiger partial charge is 0.491 e. The standard InChI is InChI=1S/C34H35N3O5S/c1-21-7-8-24(41-20-23-11-15-37(23)32(40)42-33(2,3)4)18-27(21)31(39)36-34(12-13-34)28-16-22(30-10-9-25(19-38)43-30)17-29-26(28)6-5-14-35-29/h5-10,14,16-19,23H,11-13,15,20H2,1-4H3,(H,36,39)/t23-/m0/s1. The fourth-order valence-electron chi connectivity index (χ4n) is 5.47. The molecule has 222 valence electrons. The van der Waals surface area contributed by atoms with Gasteiger partial charge < -0.3 is 19.7 Å². The van der Waals surface area contributed by atoms with Crippen molar-refractivity contribution in [3.8, 4) is 16.2 Å². The molecule has 1 N–H and O–H groups in total. The van der Waals surface area contributed by atoms with E-state index in [1.54, 1.807) is 17.2 Å². The van der Waals surface area contributed by atoms with Crippen LogP contribution in [-0.2, 0) is 10.3 Å². The van der Waals surface area contributed by atoms with E-state index in [0.29, 0.717) is 29.3 Å². The van der Waals surface area contributed by atoms with Crippen LogP contribution in [0.1, 0.15) is 71.2 Å². The van der Waals surface area contributed by atoms with E-state index < -0.39 is 11.1 Å². The number of ether oxygens (including phenoxy) is 2. The summed E-state index contributed by atoms with van der Waals surface area (Å²) in [4.78, 5) is 45.5. The molecule has 0 radical (unpaired) electrons. The molecular formula is C34H35N3O5S. The summed E-state index contributed by atoms with van der Waals surface area (Å²) in [6, 6.07) is 17.3. The second-order valence-corrected chi connectivity index (χ2v) is 13.5. The fourth-order valence-corrected chi connectivity index (χ4v) is 6.28. The van der Waals surface area contributed by atoms with Crippen molar-refractivity contribution >= 4 is 40.5 Å². The number of aldehydes is 1. The van der Waals surface area contributed by atoms with E-state index in [0.717, 1.165) is 58.0 Å². The van der Waals surface area contributed by atoms with Gasteiger partial charge in [0.2, 0.25) is 0 Å². The van der Waals surface area contributed by atoms with Gasteiger partial charge in [-0.1, -0.05) is 12.1 Å². The zero-order valence-electron chi connectivity index (χ0n) is 24.8. The number of likely N-dealkylation sites (tertiary alicyclic amines) is 1. The highest BCUT2D eigenvalue weighted by atomic mass is 32.1. The highest BCUT2D eigenvalue weighted by Crippen LogP contribution is 2.49. The second kappa shape index (κ2) is 11.1.